The monoisotopic (exact) mass is 485 g/mol. The second-order valence-corrected chi connectivity index (χ2v) is 9.95. The zero-order valence-electron chi connectivity index (χ0n) is 21.3. The van der Waals surface area contributed by atoms with Gasteiger partial charge in [-0.1, -0.05) is 115 Å². The Kier molecular flexibility index (Phi) is 5.41. The van der Waals surface area contributed by atoms with E-state index >= 15 is 0 Å². The molecule has 1 heterocycles. The minimum absolute atomic E-state index is 1.17. The average molecular weight is 486 g/mol. The molecule has 0 fully saturated rings. The quantitative estimate of drug-likeness (QED) is 0.234. The highest BCUT2D eigenvalue weighted by Crippen LogP contribution is 2.37. The van der Waals surface area contributed by atoms with Crippen LogP contribution < -0.4 is 0 Å². The highest BCUT2D eigenvalue weighted by Gasteiger charge is 2.15. The van der Waals surface area contributed by atoms with Gasteiger partial charge in [0.1, 0.15) is 0 Å². The molecule has 0 unspecified atom stereocenters. The summed E-state index contributed by atoms with van der Waals surface area (Å²) >= 11 is 0. The standard InChI is InChI=1S/C37H27N/c1-26-9-8-14-30(23-26)29-15-19-33(20-16-29)38-36-21-17-31(27-10-4-2-5-11-27)24-34(36)35-25-32(18-22-37(35)38)28-12-6-3-7-13-28/h2-25H,1H3. The van der Waals surface area contributed by atoms with E-state index in [9.17, 15) is 0 Å². The molecule has 1 nitrogen and oxygen atoms in total. The van der Waals surface area contributed by atoms with E-state index in [0.717, 1.165) is 0 Å². The van der Waals surface area contributed by atoms with E-state index in [1.54, 1.807) is 0 Å². The van der Waals surface area contributed by atoms with E-state index in [0.29, 0.717) is 0 Å². The first-order valence-electron chi connectivity index (χ1n) is 13.1. The van der Waals surface area contributed by atoms with E-state index in [1.165, 1.54) is 66.4 Å². The van der Waals surface area contributed by atoms with Crippen molar-refractivity contribution in [3.05, 3.63) is 151 Å². The molecule has 7 rings (SSSR count). The van der Waals surface area contributed by atoms with Gasteiger partial charge in [0.15, 0.2) is 0 Å². The molecule has 0 bridgehead atoms. The zero-order chi connectivity index (χ0) is 25.5. The van der Waals surface area contributed by atoms with Crippen LogP contribution in [0.1, 0.15) is 5.56 Å². The molecule has 1 heteroatoms. The number of fused-ring (bicyclic) bond motifs is 3. The van der Waals surface area contributed by atoms with Crippen LogP contribution in [0.2, 0.25) is 0 Å². The van der Waals surface area contributed by atoms with Crippen molar-refractivity contribution in [2.75, 3.05) is 0 Å². The molecule has 0 saturated carbocycles. The summed E-state index contributed by atoms with van der Waals surface area (Å²) in [5, 5.41) is 2.53. The van der Waals surface area contributed by atoms with Crippen LogP contribution in [0.5, 0.6) is 0 Å². The molecule has 0 amide bonds. The van der Waals surface area contributed by atoms with Crippen LogP contribution in [-0.2, 0) is 0 Å². The molecule has 0 spiro atoms. The highest BCUT2D eigenvalue weighted by atomic mass is 15.0. The lowest BCUT2D eigenvalue weighted by molar-refractivity contribution is 1.18. The molecule has 0 radical (unpaired) electrons. The summed E-state index contributed by atoms with van der Waals surface area (Å²) in [6.07, 6.45) is 0. The topological polar surface area (TPSA) is 4.93 Å². The molecular weight excluding hydrogens is 458 g/mol. The number of hydrogen-bond acceptors (Lipinski definition) is 0. The number of rotatable bonds is 4. The van der Waals surface area contributed by atoms with Gasteiger partial charge in [0.25, 0.3) is 0 Å². The maximum absolute atomic E-state index is 2.40. The smallest absolute Gasteiger partial charge is 0.0541 e. The first-order chi connectivity index (χ1) is 18.7. The van der Waals surface area contributed by atoms with Crippen LogP contribution in [0.4, 0.5) is 0 Å². The van der Waals surface area contributed by atoms with Gasteiger partial charge in [-0.05, 0) is 76.7 Å². The predicted octanol–water partition coefficient (Wildman–Crippen LogP) is 10.1. The Morgan fingerprint density at radius 1 is 0.368 bits per heavy atom. The van der Waals surface area contributed by atoms with Gasteiger partial charge in [-0.3, -0.25) is 0 Å². The normalized spacial score (nSPS) is 11.3. The van der Waals surface area contributed by atoms with Crippen LogP contribution in [-0.4, -0.2) is 4.57 Å². The molecule has 0 atom stereocenters. The van der Waals surface area contributed by atoms with Crippen molar-refractivity contribution in [2.24, 2.45) is 0 Å². The van der Waals surface area contributed by atoms with Gasteiger partial charge in [0, 0.05) is 16.5 Å². The molecule has 6 aromatic carbocycles. The Hall–Kier alpha value is -4.88. The Labute approximate surface area is 223 Å². The van der Waals surface area contributed by atoms with Crippen molar-refractivity contribution < 1.29 is 0 Å². The lowest BCUT2D eigenvalue weighted by Crippen LogP contribution is -1.94. The van der Waals surface area contributed by atoms with E-state index < -0.39 is 0 Å². The minimum atomic E-state index is 1.17. The molecule has 0 saturated heterocycles. The number of benzene rings is 6. The molecule has 0 aliphatic rings. The molecule has 0 aliphatic carbocycles. The van der Waals surface area contributed by atoms with Crippen molar-refractivity contribution in [3.63, 3.8) is 0 Å². The maximum atomic E-state index is 2.40. The fourth-order valence-corrected chi connectivity index (χ4v) is 5.55. The van der Waals surface area contributed by atoms with Gasteiger partial charge in [0.05, 0.1) is 11.0 Å². The van der Waals surface area contributed by atoms with Gasteiger partial charge in [-0.15, -0.1) is 0 Å². The second-order valence-electron chi connectivity index (χ2n) is 9.95. The SMILES string of the molecule is Cc1cccc(-c2ccc(-n3c4ccc(-c5ccccc5)cc4c4cc(-c5ccccc5)ccc43)cc2)c1. The molecule has 1 aromatic heterocycles. The lowest BCUT2D eigenvalue weighted by atomic mass is 10.0. The summed E-state index contributed by atoms with van der Waals surface area (Å²) in [4.78, 5) is 0. The third kappa shape index (κ3) is 3.90. The van der Waals surface area contributed by atoms with Crippen LogP contribution in [0, 0.1) is 6.92 Å². The van der Waals surface area contributed by atoms with Crippen LogP contribution in [0.25, 0.3) is 60.9 Å². The molecule has 38 heavy (non-hydrogen) atoms. The van der Waals surface area contributed by atoms with Crippen LogP contribution >= 0.6 is 0 Å². The number of aromatic nitrogens is 1. The van der Waals surface area contributed by atoms with Crippen molar-refractivity contribution in [1.29, 1.82) is 0 Å². The summed E-state index contributed by atoms with van der Waals surface area (Å²) < 4.78 is 2.40. The first-order valence-corrected chi connectivity index (χ1v) is 13.1. The average Bonchev–Trinajstić information content (AvgIpc) is 3.31. The highest BCUT2D eigenvalue weighted by molar-refractivity contribution is 6.11. The molecule has 180 valence electrons. The largest absolute Gasteiger partial charge is 0.309 e. The summed E-state index contributed by atoms with van der Waals surface area (Å²) in [7, 11) is 0. The molecule has 0 aliphatic heterocycles. The van der Waals surface area contributed by atoms with E-state index in [-0.39, 0.29) is 0 Å². The zero-order valence-corrected chi connectivity index (χ0v) is 21.3. The Morgan fingerprint density at radius 2 is 0.816 bits per heavy atom. The number of aryl methyl sites for hydroxylation is 1. The van der Waals surface area contributed by atoms with Crippen LogP contribution in [0.15, 0.2) is 146 Å². The van der Waals surface area contributed by atoms with Gasteiger partial charge < -0.3 is 4.57 Å². The van der Waals surface area contributed by atoms with Crippen molar-refractivity contribution in [3.8, 4) is 39.1 Å². The lowest BCUT2D eigenvalue weighted by Gasteiger charge is -2.10. The Bertz CT molecular complexity index is 1800. The van der Waals surface area contributed by atoms with Crippen molar-refractivity contribution in [1.82, 2.24) is 4.57 Å². The Morgan fingerprint density at radius 3 is 1.34 bits per heavy atom. The number of hydrogen-bond donors (Lipinski definition) is 0. The van der Waals surface area contributed by atoms with Gasteiger partial charge in [-0.25, -0.2) is 0 Å². The first kappa shape index (κ1) is 22.3. The van der Waals surface area contributed by atoms with Gasteiger partial charge >= 0.3 is 0 Å². The third-order valence-electron chi connectivity index (χ3n) is 7.46. The predicted molar refractivity (Wildman–Crippen MR) is 162 cm³/mol. The molecular formula is C37H27N. The Balaban J connectivity index is 1.44. The summed E-state index contributed by atoms with van der Waals surface area (Å²) in [5.41, 5.74) is 12.3. The van der Waals surface area contributed by atoms with E-state index in [2.05, 4.69) is 157 Å². The van der Waals surface area contributed by atoms with Crippen LogP contribution in [0.3, 0.4) is 0 Å². The van der Waals surface area contributed by atoms with Crippen molar-refractivity contribution in [2.45, 2.75) is 6.92 Å². The molecule has 7 aromatic rings. The summed E-state index contributed by atoms with van der Waals surface area (Å²) in [6, 6.07) is 52.6. The van der Waals surface area contributed by atoms with Gasteiger partial charge in [-0.2, -0.15) is 0 Å². The molecule has 0 N–H and O–H groups in total. The van der Waals surface area contributed by atoms with E-state index in [1.807, 2.05) is 0 Å². The number of nitrogens with zero attached hydrogens (tertiary/aromatic N) is 1. The third-order valence-corrected chi connectivity index (χ3v) is 7.46. The fraction of sp³-hybridized carbons (Fsp3) is 0.0270. The second kappa shape index (κ2) is 9.21. The maximum Gasteiger partial charge on any atom is 0.0541 e. The van der Waals surface area contributed by atoms with Gasteiger partial charge in [0.2, 0.25) is 0 Å². The minimum Gasteiger partial charge on any atom is -0.309 e. The van der Waals surface area contributed by atoms with Crippen molar-refractivity contribution >= 4 is 21.8 Å². The fourth-order valence-electron chi connectivity index (χ4n) is 5.55. The van der Waals surface area contributed by atoms with E-state index in [4.69, 9.17) is 0 Å². The summed E-state index contributed by atoms with van der Waals surface area (Å²) in [5.74, 6) is 0. The summed E-state index contributed by atoms with van der Waals surface area (Å²) in [6.45, 7) is 2.14.